The first-order chi connectivity index (χ1) is 11.5. The Morgan fingerprint density at radius 3 is 2.38 bits per heavy atom. The van der Waals surface area contributed by atoms with E-state index in [1.165, 1.54) is 36.7 Å². The van der Waals surface area contributed by atoms with Gasteiger partial charge in [0.05, 0.1) is 10.6 Å². The summed E-state index contributed by atoms with van der Waals surface area (Å²) < 4.78 is 27.1. The molecule has 0 atom stereocenters. The molecule has 2 heterocycles. The normalized spacial score (nSPS) is 14.7. The van der Waals surface area contributed by atoms with E-state index < -0.39 is 10.0 Å². The third kappa shape index (κ3) is 3.90. The van der Waals surface area contributed by atoms with E-state index in [9.17, 15) is 13.2 Å². The van der Waals surface area contributed by atoms with Crippen molar-refractivity contribution in [2.45, 2.75) is 4.90 Å². The van der Waals surface area contributed by atoms with Crippen LogP contribution in [-0.2, 0) is 10.0 Å². The predicted molar refractivity (Wildman–Crippen MR) is 90.2 cm³/mol. The first-order valence-corrected chi connectivity index (χ1v) is 9.05. The number of benzene rings is 1. The molecule has 1 aromatic carbocycles. The molecule has 0 unspecified atom stereocenters. The lowest BCUT2D eigenvalue weighted by atomic mass is 10.0. The minimum absolute atomic E-state index is 0.0963. The van der Waals surface area contributed by atoms with Gasteiger partial charge in [0.2, 0.25) is 0 Å². The van der Waals surface area contributed by atoms with Crippen LogP contribution in [0.25, 0.3) is 0 Å². The number of nitrogens with one attached hydrogen (secondary N) is 3. The van der Waals surface area contributed by atoms with Gasteiger partial charge < -0.3 is 10.6 Å². The molecule has 1 fully saturated rings. The largest absolute Gasteiger partial charge is 0.352 e. The lowest BCUT2D eigenvalue weighted by molar-refractivity contribution is 0.0942. The highest BCUT2D eigenvalue weighted by atomic mass is 32.2. The Kier molecular flexibility index (Phi) is 4.77. The number of hydrogen-bond acceptors (Lipinski definition) is 5. The molecule has 1 amide bonds. The summed E-state index contributed by atoms with van der Waals surface area (Å²) in [5, 5.41) is 5.99. The Balaban J connectivity index is 1.65. The smallest absolute Gasteiger partial charge is 0.261 e. The lowest BCUT2D eigenvalue weighted by Crippen LogP contribution is -2.48. The first-order valence-electron chi connectivity index (χ1n) is 7.56. The molecule has 1 saturated heterocycles. The van der Waals surface area contributed by atoms with Crippen molar-refractivity contribution in [3.8, 4) is 0 Å². The second-order valence-electron chi connectivity index (χ2n) is 5.60. The molecule has 0 spiro atoms. The van der Waals surface area contributed by atoms with Gasteiger partial charge in [-0.1, -0.05) is 0 Å². The number of amides is 1. The van der Waals surface area contributed by atoms with Crippen LogP contribution in [0, 0.1) is 5.92 Å². The quantitative estimate of drug-likeness (QED) is 0.719. The number of nitrogens with zero attached hydrogens (tertiary/aromatic N) is 1. The van der Waals surface area contributed by atoms with Crippen molar-refractivity contribution >= 4 is 21.6 Å². The Morgan fingerprint density at radius 2 is 1.79 bits per heavy atom. The maximum atomic E-state index is 12.3. The van der Waals surface area contributed by atoms with Crippen molar-refractivity contribution < 1.29 is 13.2 Å². The third-order valence-corrected chi connectivity index (χ3v) is 5.17. The second-order valence-corrected chi connectivity index (χ2v) is 7.28. The lowest BCUT2D eigenvalue weighted by Gasteiger charge is -2.27. The van der Waals surface area contributed by atoms with Crippen LogP contribution < -0.4 is 15.4 Å². The fourth-order valence-corrected chi connectivity index (χ4v) is 3.31. The molecule has 0 bridgehead atoms. The highest BCUT2D eigenvalue weighted by molar-refractivity contribution is 7.92. The van der Waals surface area contributed by atoms with Gasteiger partial charge >= 0.3 is 0 Å². The Labute approximate surface area is 140 Å². The van der Waals surface area contributed by atoms with Crippen LogP contribution >= 0.6 is 0 Å². The summed E-state index contributed by atoms with van der Waals surface area (Å²) >= 11 is 0. The van der Waals surface area contributed by atoms with E-state index >= 15 is 0 Å². The van der Waals surface area contributed by atoms with Crippen molar-refractivity contribution in [3.05, 3.63) is 54.4 Å². The molecule has 0 aliphatic carbocycles. The van der Waals surface area contributed by atoms with Gasteiger partial charge in [-0.05, 0) is 36.4 Å². The zero-order chi connectivity index (χ0) is 17.0. The molecule has 3 N–H and O–H groups in total. The molecular weight excluding hydrogens is 328 g/mol. The maximum absolute atomic E-state index is 12.3. The summed E-state index contributed by atoms with van der Waals surface area (Å²) in [6.45, 7) is 2.45. The number of hydrogen-bond donors (Lipinski definition) is 3. The molecule has 2 aromatic rings. The topological polar surface area (TPSA) is 100 Å². The van der Waals surface area contributed by atoms with Crippen LogP contribution in [0.2, 0.25) is 0 Å². The number of rotatable bonds is 6. The van der Waals surface area contributed by atoms with Crippen molar-refractivity contribution in [1.29, 1.82) is 0 Å². The highest BCUT2D eigenvalue weighted by Crippen LogP contribution is 2.16. The third-order valence-electron chi connectivity index (χ3n) is 3.78. The van der Waals surface area contributed by atoms with Crippen molar-refractivity contribution in [2.75, 3.05) is 24.4 Å². The standard InChI is InChI=1S/C16H18N4O3S/c21-16(19-11-12-9-18-10-12)13-1-3-15(4-2-13)24(22,23)20-14-5-7-17-8-6-14/h1-8,12,18H,9-11H2,(H,17,20)(H,19,21). The molecule has 0 radical (unpaired) electrons. The van der Waals surface area contributed by atoms with Crippen LogP contribution in [0.5, 0.6) is 0 Å². The van der Waals surface area contributed by atoms with E-state index in [2.05, 4.69) is 20.3 Å². The summed E-state index contributed by atoms with van der Waals surface area (Å²) in [7, 11) is -3.69. The average Bonchev–Trinajstić information content (AvgIpc) is 2.54. The number of carbonyl (C=O) groups excluding carboxylic acids is 1. The number of sulfonamides is 1. The molecule has 1 aliphatic heterocycles. The number of carbonyl (C=O) groups is 1. The van der Waals surface area contributed by atoms with Gasteiger partial charge in [-0.2, -0.15) is 0 Å². The molecule has 126 valence electrons. The number of pyridine rings is 1. The monoisotopic (exact) mass is 346 g/mol. The van der Waals surface area contributed by atoms with Crippen LogP contribution in [0.3, 0.4) is 0 Å². The minimum Gasteiger partial charge on any atom is -0.352 e. The summed E-state index contributed by atoms with van der Waals surface area (Å²) in [5.74, 6) is 0.270. The van der Waals surface area contributed by atoms with Crippen molar-refractivity contribution in [1.82, 2.24) is 15.6 Å². The van der Waals surface area contributed by atoms with Crippen LogP contribution in [0.4, 0.5) is 5.69 Å². The van der Waals surface area contributed by atoms with E-state index in [-0.39, 0.29) is 10.8 Å². The average molecular weight is 346 g/mol. The van der Waals surface area contributed by atoms with Gasteiger partial charge in [0.1, 0.15) is 0 Å². The van der Waals surface area contributed by atoms with Gasteiger partial charge in [0.25, 0.3) is 15.9 Å². The van der Waals surface area contributed by atoms with Crippen LogP contribution in [0.1, 0.15) is 10.4 Å². The van der Waals surface area contributed by atoms with E-state index in [1.807, 2.05) is 0 Å². The highest BCUT2D eigenvalue weighted by Gasteiger charge is 2.18. The van der Waals surface area contributed by atoms with Gasteiger partial charge in [0, 0.05) is 43.5 Å². The molecule has 3 rings (SSSR count). The SMILES string of the molecule is O=C(NCC1CNC1)c1ccc(S(=O)(=O)Nc2ccncc2)cc1. The molecule has 1 aliphatic rings. The second kappa shape index (κ2) is 6.98. The Morgan fingerprint density at radius 1 is 1.12 bits per heavy atom. The van der Waals surface area contributed by atoms with Gasteiger partial charge in [0.15, 0.2) is 0 Å². The molecule has 7 nitrogen and oxygen atoms in total. The molecule has 24 heavy (non-hydrogen) atoms. The molecule has 0 saturated carbocycles. The molecular formula is C16H18N4O3S. The van der Waals surface area contributed by atoms with E-state index in [0.29, 0.717) is 23.7 Å². The summed E-state index contributed by atoms with van der Waals surface area (Å²) in [4.78, 5) is 16.0. The predicted octanol–water partition coefficient (Wildman–Crippen LogP) is 0.832. The van der Waals surface area contributed by atoms with Crippen LogP contribution in [0.15, 0.2) is 53.7 Å². The van der Waals surface area contributed by atoms with Crippen LogP contribution in [-0.4, -0.2) is 38.9 Å². The summed E-state index contributed by atoms with van der Waals surface area (Å²) in [5.41, 5.74) is 0.867. The molecule has 8 heteroatoms. The van der Waals surface area contributed by atoms with E-state index in [4.69, 9.17) is 0 Å². The maximum Gasteiger partial charge on any atom is 0.261 e. The van der Waals surface area contributed by atoms with Gasteiger partial charge in [-0.25, -0.2) is 8.42 Å². The number of anilines is 1. The van der Waals surface area contributed by atoms with E-state index in [0.717, 1.165) is 13.1 Å². The minimum atomic E-state index is -3.69. The zero-order valence-electron chi connectivity index (χ0n) is 12.9. The summed E-state index contributed by atoms with van der Waals surface area (Å²) in [6.07, 6.45) is 3.01. The van der Waals surface area contributed by atoms with Crippen molar-refractivity contribution in [2.24, 2.45) is 5.92 Å². The fraction of sp³-hybridized carbons (Fsp3) is 0.250. The molecule has 1 aromatic heterocycles. The van der Waals surface area contributed by atoms with E-state index in [1.54, 1.807) is 12.1 Å². The Hall–Kier alpha value is -2.45. The summed E-state index contributed by atoms with van der Waals surface area (Å²) in [6, 6.07) is 8.99. The Bertz CT molecular complexity index is 803. The first kappa shape index (κ1) is 16.4. The number of aromatic nitrogens is 1. The fourth-order valence-electron chi connectivity index (χ4n) is 2.25. The van der Waals surface area contributed by atoms with Gasteiger partial charge in [-0.3, -0.25) is 14.5 Å². The zero-order valence-corrected chi connectivity index (χ0v) is 13.7. The van der Waals surface area contributed by atoms with Gasteiger partial charge in [-0.15, -0.1) is 0 Å². The van der Waals surface area contributed by atoms with Crippen molar-refractivity contribution in [3.63, 3.8) is 0 Å².